The predicted octanol–water partition coefficient (Wildman–Crippen LogP) is 5.27. The molecule has 0 fully saturated rings. The molecule has 2 N–H and O–H groups in total. The third-order valence-electron chi connectivity index (χ3n) is 5.20. The molecule has 0 aliphatic rings. The van der Waals surface area contributed by atoms with Crippen molar-refractivity contribution in [2.24, 2.45) is 0 Å². The average molecular weight is 473 g/mol. The highest BCUT2D eigenvalue weighted by atomic mass is 32.2. The molecular weight excluding hydrogens is 448 g/mol. The summed E-state index contributed by atoms with van der Waals surface area (Å²) in [5.74, 6) is -0.0709. The van der Waals surface area contributed by atoms with Crippen molar-refractivity contribution in [3.05, 3.63) is 95.6 Å². The van der Waals surface area contributed by atoms with Crippen LogP contribution < -0.4 is 10.6 Å². The van der Waals surface area contributed by atoms with Gasteiger partial charge in [0.1, 0.15) is 0 Å². The van der Waals surface area contributed by atoms with Gasteiger partial charge < -0.3 is 15.1 Å². The van der Waals surface area contributed by atoms with E-state index in [0.717, 1.165) is 28.5 Å². The van der Waals surface area contributed by atoms with E-state index in [4.69, 9.17) is 4.42 Å². The second kappa shape index (κ2) is 10.8. The Morgan fingerprint density at radius 1 is 0.941 bits per heavy atom. The van der Waals surface area contributed by atoms with Gasteiger partial charge in [-0.15, -0.1) is 10.2 Å². The number of hydrogen-bond acceptors (Lipinski definition) is 6. The lowest BCUT2D eigenvalue weighted by molar-refractivity contribution is -0.113. The first kappa shape index (κ1) is 23.3. The number of nitrogens with zero attached hydrogens (tertiary/aromatic N) is 2. The fourth-order valence-electron chi connectivity index (χ4n) is 3.39. The molecule has 1 heterocycles. The maximum absolute atomic E-state index is 12.9. The van der Waals surface area contributed by atoms with E-state index in [2.05, 4.69) is 20.8 Å². The van der Waals surface area contributed by atoms with E-state index >= 15 is 0 Å². The summed E-state index contributed by atoms with van der Waals surface area (Å²) in [6.07, 6.45) is 0. The maximum Gasteiger partial charge on any atom is 0.277 e. The van der Waals surface area contributed by atoms with Crippen molar-refractivity contribution in [2.45, 2.75) is 25.1 Å². The first-order valence-corrected chi connectivity index (χ1v) is 11.8. The molecule has 0 aliphatic heterocycles. The zero-order chi connectivity index (χ0) is 23.9. The zero-order valence-electron chi connectivity index (χ0n) is 18.8. The highest BCUT2D eigenvalue weighted by Gasteiger charge is 2.17. The van der Waals surface area contributed by atoms with Crippen LogP contribution in [-0.4, -0.2) is 27.8 Å². The van der Waals surface area contributed by atoms with Gasteiger partial charge in [0.15, 0.2) is 0 Å². The third-order valence-corrected chi connectivity index (χ3v) is 6.02. The summed E-state index contributed by atoms with van der Waals surface area (Å²) in [7, 11) is 0. The van der Waals surface area contributed by atoms with Crippen molar-refractivity contribution >= 4 is 29.3 Å². The number of amides is 2. The summed E-state index contributed by atoms with van der Waals surface area (Å²) in [6, 6.07) is 24.2. The number of aromatic nitrogens is 2. The van der Waals surface area contributed by atoms with Crippen molar-refractivity contribution in [1.82, 2.24) is 15.5 Å². The molecule has 7 nitrogen and oxygen atoms in total. The zero-order valence-corrected chi connectivity index (χ0v) is 19.6. The van der Waals surface area contributed by atoms with Crippen LogP contribution in [-0.2, 0) is 4.79 Å². The van der Waals surface area contributed by atoms with Gasteiger partial charge in [0.25, 0.3) is 11.1 Å². The molecule has 3 aromatic carbocycles. The van der Waals surface area contributed by atoms with Gasteiger partial charge in [0.2, 0.25) is 11.8 Å². The molecule has 4 rings (SSSR count). The summed E-state index contributed by atoms with van der Waals surface area (Å²) < 4.78 is 5.70. The number of carbonyl (C=O) groups excluding carboxylic acids is 2. The molecule has 0 aliphatic carbocycles. The van der Waals surface area contributed by atoms with Crippen LogP contribution in [0.5, 0.6) is 0 Å². The molecule has 0 bridgehead atoms. The lowest BCUT2D eigenvalue weighted by Crippen LogP contribution is -2.28. The van der Waals surface area contributed by atoms with Crippen LogP contribution in [0.25, 0.3) is 11.5 Å². The Hall–Kier alpha value is -3.91. The van der Waals surface area contributed by atoms with Crippen LogP contribution in [0.2, 0.25) is 0 Å². The van der Waals surface area contributed by atoms with Gasteiger partial charge in [-0.3, -0.25) is 9.59 Å². The lowest BCUT2D eigenvalue weighted by atomic mass is 10.1. The number of aryl methyl sites for hydroxylation is 1. The van der Waals surface area contributed by atoms with Crippen molar-refractivity contribution < 1.29 is 14.0 Å². The maximum atomic E-state index is 12.9. The Kier molecular flexibility index (Phi) is 7.39. The summed E-state index contributed by atoms with van der Waals surface area (Å²) in [5, 5.41) is 14.2. The monoisotopic (exact) mass is 472 g/mol. The minimum Gasteiger partial charge on any atom is -0.411 e. The number of benzene rings is 3. The van der Waals surface area contributed by atoms with E-state index in [1.165, 1.54) is 0 Å². The van der Waals surface area contributed by atoms with Gasteiger partial charge in [0, 0.05) is 5.56 Å². The van der Waals surface area contributed by atoms with Crippen LogP contribution in [0.3, 0.4) is 0 Å². The summed E-state index contributed by atoms with van der Waals surface area (Å²) >= 11 is 1.14. The van der Waals surface area contributed by atoms with E-state index in [1.54, 1.807) is 24.3 Å². The Balaban J connectivity index is 1.37. The fourth-order valence-corrected chi connectivity index (χ4v) is 3.96. The molecule has 8 heteroatoms. The van der Waals surface area contributed by atoms with Crippen molar-refractivity contribution in [3.63, 3.8) is 0 Å². The van der Waals surface area contributed by atoms with Crippen molar-refractivity contribution in [3.8, 4) is 11.5 Å². The van der Waals surface area contributed by atoms with Gasteiger partial charge in [0.05, 0.1) is 23.0 Å². The molecule has 1 aromatic heterocycles. The van der Waals surface area contributed by atoms with Crippen LogP contribution in [0.15, 0.2) is 88.5 Å². The number of para-hydroxylation sites is 1. The van der Waals surface area contributed by atoms with E-state index in [9.17, 15) is 9.59 Å². The SMILES string of the molecule is Cc1ccccc1-c1nnc(SCC(=O)Nc2ccccc2C(=O)NC(C)c2ccccc2)o1. The summed E-state index contributed by atoms with van der Waals surface area (Å²) in [6.45, 7) is 3.88. The summed E-state index contributed by atoms with van der Waals surface area (Å²) in [5.41, 5.74) is 3.71. The van der Waals surface area contributed by atoms with E-state index in [0.29, 0.717) is 22.4 Å². The molecule has 1 unspecified atom stereocenters. The Morgan fingerprint density at radius 2 is 1.65 bits per heavy atom. The van der Waals surface area contributed by atoms with E-state index in [1.807, 2.05) is 68.4 Å². The van der Waals surface area contributed by atoms with E-state index < -0.39 is 0 Å². The summed E-state index contributed by atoms with van der Waals surface area (Å²) in [4.78, 5) is 25.5. The molecule has 4 aromatic rings. The first-order valence-electron chi connectivity index (χ1n) is 10.8. The molecule has 0 spiro atoms. The van der Waals surface area contributed by atoms with Gasteiger partial charge in [-0.25, -0.2) is 0 Å². The first-order chi connectivity index (χ1) is 16.5. The van der Waals surface area contributed by atoms with Crippen LogP contribution in [0, 0.1) is 6.92 Å². The minimum absolute atomic E-state index is 0.0613. The van der Waals surface area contributed by atoms with Crippen LogP contribution in [0.1, 0.15) is 34.5 Å². The number of thioether (sulfide) groups is 1. The normalized spacial score (nSPS) is 11.6. The second-order valence-electron chi connectivity index (χ2n) is 7.68. The van der Waals surface area contributed by atoms with Gasteiger partial charge >= 0.3 is 0 Å². The Labute approximate surface area is 202 Å². The van der Waals surface area contributed by atoms with E-state index in [-0.39, 0.29) is 23.6 Å². The number of hydrogen-bond donors (Lipinski definition) is 2. The standard InChI is InChI=1S/C26H24N4O3S/c1-17-10-6-7-13-20(17)25-29-30-26(33-25)34-16-23(31)28-22-15-9-8-14-21(22)24(32)27-18(2)19-11-4-3-5-12-19/h3-15,18H,16H2,1-2H3,(H,27,32)(H,28,31). The number of anilines is 1. The quantitative estimate of drug-likeness (QED) is 0.339. The molecule has 0 radical (unpaired) electrons. The van der Waals surface area contributed by atoms with Crippen molar-refractivity contribution in [1.29, 1.82) is 0 Å². The Bertz CT molecular complexity index is 1290. The second-order valence-corrected chi connectivity index (χ2v) is 8.60. The van der Waals surface area contributed by atoms with Gasteiger partial charge in [-0.05, 0) is 43.2 Å². The average Bonchev–Trinajstić information content (AvgIpc) is 3.32. The van der Waals surface area contributed by atoms with Gasteiger partial charge in [-0.1, -0.05) is 72.4 Å². The Morgan fingerprint density at radius 3 is 2.44 bits per heavy atom. The molecule has 1 atom stereocenters. The van der Waals surface area contributed by atoms with Crippen LogP contribution >= 0.6 is 11.8 Å². The van der Waals surface area contributed by atoms with Crippen molar-refractivity contribution in [2.75, 3.05) is 11.1 Å². The molecule has 0 saturated heterocycles. The highest BCUT2D eigenvalue weighted by molar-refractivity contribution is 7.99. The molecule has 172 valence electrons. The number of nitrogens with one attached hydrogen (secondary N) is 2. The molecule has 2 amide bonds. The fraction of sp³-hybridized carbons (Fsp3) is 0.154. The number of rotatable bonds is 8. The van der Waals surface area contributed by atoms with Crippen LogP contribution in [0.4, 0.5) is 5.69 Å². The highest BCUT2D eigenvalue weighted by Crippen LogP contribution is 2.26. The predicted molar refractivity (Wildman–Crippen MR) is 133 cm³/mol. The smallest absolute Gasteiger partial charge is 0.277 e. The molecular formula is C26H24N4O3S. The minimum atomic E-state index is -0.281. The lowest BCUT2D eigenvalue weighted by Gasteiger charge is -2.16. The molecule has 34 heavy (non-hydrogen) atoms. The topological polar surface area (TPSA) is 97.1 Å². The molecule has 0 saturated carbocycles. The number of carbonyl (C=O) groups is 2. The third kappa shape index (κ3) is 5.71. The largest absolute Gasteiger partial charge is 0.411 e. The van der Waals surface area contributed by atoms with Gasteiger partial charge in [-0.2, -0.15) is 0 Å².